The SMILES string of the molecule is CC(Sc1cccc(C#N)n1)C(=O)O. The molecule has 0 aliphatic rings. The third-order valence-electron chi connectivity index (χ3n) is 1.48. The monoisotopic (exact) mass is 208 g/mol. The second-order valence-electron chi connectivity index (χ2n) is 2.57. The van der Waals surface area contributed by atoms with Crippen LogP contribution in [-0.4, -0.2) is 21.3 Å². The van der Waals surface area contributed by atoms with Gasteiger partial charge in [0, 0.05) is 0 Å². The third-order valence-corrected chi connectivity index (χ3v) is 2.51. The van der Waals surface area contributed by atoms with Gasteiger partial charge in [-0.1, -0.05) is 17.8 Å². The van der Waals surface area contributed by atoms with Crippen LogP contribution in [0, 0.1) is 11.3 Å². The Kier molecular flexibility index (Phi) is 3.48. The molecule has 5 heteroatoms. The molecule has 0 aliphatic heterocycles. The molecule has 0 aliphatic carbocycles. The zero-order valence-corrected chi connectivity index (χ0v) is 8.28. The van der Waals surface area contributed by atoms with Crippen molar-refractivity contribution in [1.29, 1.82) is 5.26 Å². The number of aliphatic carboxylic acids is 1. The Morgan fingerprint density at radius 3 is 3.00 bits per heavy atom. The maximum atomic E-state index is 10.5. The number of nitrogens with zero attached hydrogens (tertiary/aromatic N) is 2. The van der Waals surface area contributed by atoms with E-state index < -0.39 is 11.2 Å². The minimum atomic E-state index is -0.890. The number of thioether (sulfide) groups is 1. The summed E-state index contributed by atoms with van der Waals surface area (Å²) in [5.41, 5.74) is 0.299. The average molecular weight is 208 g/mol. The van der Waals surface area contributed by atoms with Crippen LogP contribution in [0.4, 0.5) is 0 Å². The van der Waals surface area contributed by atoms with E-state index in [0.29, 0.717) is 10.7 Å². The van der Waals surface area contributed by atoms with Gasteiger partial charge in [-0.3, -0.25) is 4.79 Å². The largest absolute Gasteiger partial charge is 0.480 e. The Balaban J connectivity index is 2.78. The third kappa shape index (κ3) is 2.75. The number of pyridine rings is 1. The summed E-state index contributed by atoms with van der Waals surface area (Å²) in [6.45, 7) is 1.58. The van der Waals surface area contributed by atoms with Gasteiger partial charge in [0.2, 0.25) is 0 Å². The van der Waals surface area contributed by atoms with E-state index in [0.717, 1.165) is 11.8 Å². The van der Waals surface area contributed by atoms with Gasteiger partial charge in [0.05, 0.1) is 5.03 Å². The molecular weight excluding hydrogens is 200 g/mol. The van der Waals surface area contributed by atoms with Gasteiger partial charge in [-0.15, -0.1) is 0 Å². The van der Waals surface area contributed by atoms with Crippen molar-refractivity contribution in [3.05, 3.63) is 23.9 Å². The quantitative estimate of drug-likeness (QED) is 0.762. The molecule has 1 unspecified atom stereocenters. The molecule has 0 amide bonds. The standard InChI is InChI=1S/C9H8N2O2S/c1-6(9(12)13)14-8-4-2-3-7(5-10)11-8/h2-4,6H,1H3,(H,12,13). The number of hydrogen-bond donors (Lipinski definition) is 1. The topological polar surface area (TPSA) is 74.0 Å². The van der Waals surface area contributed by atoms with E-state index in [1.807, 2.05) is 6.07 Å². The Morgan fingerprint density at radius 1 is 1.71 bits per heavy atom. The minimum absolute atomic E-state index is 0.299. The fourth-order valence-corrected chi connectivity index (χ4v) is 1.55. The summed E-state index contributed by atoms with van der Waals surface area (Å²) in [5.74, 6) is -0.890. The first kappa shape index (κ1) is 10.5. The molecule has 1 N–H and O–H groups in total. The van der Waals surface area contributed by atoms with Crippen LogP contribution in [0.25, 0.3) is 0 Å². The highest BCUT2D eigenvalue weighted by molar-refractivity contribution is 8.00. The van der Waals surface area contributed by atoms with Crippen LogP contribution in [0.15, 0.2) is 23.2 Å². The minimum Gasteiger partial charge on any atom is -0.480 e. The molecule has 0 saturated carbocycles. The van der Waals surface area contributed by atoms with Crippen LogP contribution < -0.4 is 0 Å². The smallest absolute Gasteiger partial charge is 0.316 e. The molecule has 1 aromatic rings. The highest BCUT2D eigenvalue weighted by Gasteiger charge is 2.13. The summed E-state index contributed by atoms with van der Waals surface area (Å²) in [6.07, 6.45) is 0. The van der Waals surface area contributed by atoms with E-state index in [1.54, 1.807) is 25.1 Å². The summed E-state index contributed by atoms with van der Waals surface area (Å²) in [7, 11) is 0. The predicted molar refractivity (Wildman–Crippen MR) is 51.9 cm³/mol. The lowest BCUT2D eigenvalue weighted by atomic mass is 10.4. The van der Waals surface area contributed by atoms with Crippen molar-refractivity contribution in [2.45, 2.75) is 17.2 Å². The molecule has 0 radical (unpaired) electrons. The zero-order valence-electron chi connectivity index (χ0n) is 7.47. The zero-order chi connectivity index (χ0) is 10.6. The van der Waals surface area contributed by atoms with Crippen LogP contribution in [0.2, 0.25) is 0 Å². The highest BCUT2D eigenvalue weighted by Crippen LogP contribution is 2.20. The van der Waals surface area contributed by atoms with Gasteiger partial charge >= 0.3 is 5.97 Å². The first-order valence-corrected chi connectivity index (χ1v) is 4.78. The maximum absolute atomic E-state index is 10.5. The molecule has 0 fully saturated rings. The van der Waals surface area contributed by atoms with Crippen molar-refractivity contribution in [2.24, 2.45) is 0 Å². The van der Waals surface area contributed by atoms with Gasteiger partial charge in [0.25, 0.3) is 0 Å². The lowest BCUT2D eigenvalue weighted by molar-refractivity contribution is -0.136. The van der Waals surface area contributed by atoms with Gasteiger partial charge in [0.15, 0.2) is 0 Å². The van der Waals surface area contributed by atoms with Crippen molar-refractivity contribution in [3.8, 4) is 6.07 Å². The van der Waals surface area contributed by atoms with E-state index in [1.165, 1.54) is 0 Å². The number of carboxylic acids is 1. The Bertz CT molecular complexity index is 387. The number of nitriles is 1. The summed E-state index contributed by atoms with van der Waals surface area (Å²) in [6, 6.07) is 6.85. The number of aromatic nitrogens is 1. The van der Waals surface area contributed by atoms with Crippen LogP contribution in [0.5, 0.6) is 0 Å². The van der Waals surface area contributed by atoms with E-state index in [9.17, 15) is 4.79 Å². The second-order valence-corrected chi connectivity index (χ2v) is 3.93. The molecule has 1 aromatic heterocycles. The lowest BCUT2D eigenvalue weighted by Crippen LogP contribution is -2.11. The summed E-state index contributed by atoms with van der Waals surface area (Å²) < 4.78 is 0. The van der Waals surface area contributed by atoms with Crippen molar-refractivity contribution in [2.75, 3.05) is 0 Å². The fourth-order valence-electron chi connectivity index (χ4n) is 0.774. The van der Waals surface area contributed by atoms with Crippen LogP contribution in [0.1, 0.15) is 12.6 Å². The average Bonchev–Trinajstić information content (AvgIpc) is 2.18. The van der Waals surface area contributed by atoms with Crippen LogP contribution in [-0.2, 0) is 4.79 Å². The summed E-state index contributed by atoms with van der Waals surface area (Å²) in [4.78, 5) is 14.5. The van der Waals surface area contributed by atoms with E-state index in [4.69, 9.17) is 10.4 Å². The van der Waals surface area contributed by atoms with Crippen LogP contribution in [0.3, 0.4) is 0 Å². The van der Waals surface area contributed by atoms with Crippen molar-refractivity contribution in [3.63, 3.8) is 0 Å². The number of rotatable bonds is 3. The predicted octanol–water partition coefficient (Wildman–Crippen LogP) is 1.52. The van der Waals surface area contributed by atoms with Gasteiger partial charge in [-0.05, 0) is 19.1 Å². The van der Waals surface area contributed by atoms with Crippen molar-refractivity contribution in [1.82, 2.24) is 4.98 Å². The molecular formula is C9H8N2O2S. The number of carbonyl (C=O) groups is 1. The molecule has 4 nitrogen and oxygen atoms in total. The van der Waals surface area contributed by atoms with Crippen molar-refractivity contribution < 1.29 is 9.90 Å². The number of carboxylic acid groups (broad SMARTS) is 1. The number of hydrogen-bond acceptors (Lipinski definition) is 4. The molecule has 0 aromatic carbocycles. The summed E-state index contributed by atoms with van der Waals surface area (Å²) in [5, 5.41) is 17.2. The van der Waals surface area contributed by atoms with Gasteiger partial charge in [-0.2, -0.15) is 5.26 Å². The molecule has 14 heavy (non-hydrogen) atoms. The van der Waals surface area contributed by atoms with E-state index in [-0.39, 0.29) is 0 Å². The maximum Gasteiger partial charge on any atom is 0.316 e. The molecule has 1 atom stereocenters. The first-order chi connectivity index (χ1) is 6.63. The Labute approximate surface area is 85.6 Å². The lowest BCUT2D eigenvalue weighted by Gasteiger charge is -2.04. The second kappa shape index (κ2) is 4.63. The van der Waals surface area contributed by atoms with Gasteiger partial charge < -0.3 is 5.11 Å². The first-order valence-electron chi connectivity index (χ1n) is 3.90. The van der Waals surface area contributed by atoms with Gasteiger partial charge in [-0.25, -0.2) is 4.98 Å². The molecule has 1 heterocycles. The molecule has 0 spiro atoms. The molecule has 1 rings (SSSR count). The Hall–Kier alpha value is -1.54. The Morgan fingerprint density at radius 2 is 2.43 bits per heavy atom. The molecule has 72 valence electrons. The van der Waals surface area contributed by atoms with E-state index >= 15 is 0 Å². The molecule has 0 bridgehead atoms. The fraction of sp³-hybridized carbons (Fsp3) is 0.222. The van der Waals surface area contributed by atoms with E-state index in [2.05, 4.69) is 4.98 Å². The highest BCUT2D eigenvalue weighted by atomic mass is 32.2. The summed E-state index contributed by atoms with van der Waals surface area (Å²) >= 11 is 1.12. The normalized spacial score (nSPS) is 11.7. The molecule has 0 saturated heterocycles. The van der Waals surface area contributed by atoms with Crippen molar-refractivity contribution >= 4 is 17.7 Å². The van der Waals surface area contributed by atoms with Crippen LogP contribution >= 0.6 is 11.8 Å². The van der Waals surface area contributed by atoms with Gasteiger partial charge in [0.1, 0.15) is 17.0 Å².